The number of aryl methyl sites for hydroxylation is 1. The van der Waals surface area contributed by atoms with Crippen molar-refractivity contribution in [1.29, 1.82) is 0 Å². The highest BCUT2D eigenvalue weighted by molar-refractivity contribution is 5.93. The van der Waals surface area contributed by atoms with E-state index in [1.54, 1.807) is 19.0 Å². The monoisotopic (exact) mass is 289 g/mol. The number of likely N-dealkylation sites (N-methyl/N-ethyl adjacent to an activating group) is 1. The number of carbonyl (C=O) groups excluding carboxylic acids is 2. The summed E-state index contributed by atoms with van der Waals surface area (Å²) < 4.78 is 0. The van der Waals surface area contributed by atoms with E-state index in [9.17, 15) is 9.59 Å². The van der Waals surface area contributed by atoms with Gasteiger partial charge in [0.1, 0.15) is 0 Å². The van der Waals surface area contributed by atoms with Gasteiger partial charge in [-0.25, -0.2) is 0 Å². The van der Waals surface area contributed by atoms with Gasteiger partial charge in [0.2, 0.25) is 11.8 Å². The molecule has 114 valence electrons. The van der Waals surface area contributed by atoms with Crippen molar-refractivity contribution in [1.82, 2.24) is 9.80 Å². The minimum Gasteiger partial charge on any atom is -0.347 e. The number of benzene rings is 1. The van der Waals surface area contributed by atoms with Crippen LogP contribution < -0.4 is 5.32 Å². The number of carbonyl (C=O) groups is 2. The van der Waals surface area contributed by atoms with Gasteiger partial charge in [0, 0.05) is 19.8 Å². The van der Waals surface area contributed by atoms with Crippen LogP contribution in [0.3, 0.4) is 0 Å². The average Bonchev–Trinajstić information content (AvgIpc) is 2.88. The highest BCUT2D eigenvalue weighted by atomic mass is 16.2. The van der Waals surface area contributed by atoms with Crippen LogP contribution in [0.1, 0.15) is 18.4 Å². The maximum absolute atomic E-state index is 12.1. The Balaban J connectivity index is 1.92. The van der Waals surface area contributed by atoms with E-state index in [1.807, 2.05) is 36.1 Å². The number of hydrogen-bond donors (Lipinski definition) is 1. The second kappa shape index (κ2) is 6.72. The van der Waals surface area contributed by atoms with Gasteiger partial charge in [0.25, 0.3) is 0 Å². The van der Waals surface area contributed by atoms with E-state index in [2.05, 4.69) is 5.32 Å². The molecular formula is C16H23N3O2. The third-order valence-corrected chi connectivity index (χ3v) is 3.77. The molecule has 0 spiro atoms. The molecule has 1 aliphatic heterocycles. The van der Waals surface area contributed by atoms with E-state index in [0.717, 1.165) is 30.6 Å². The zero-order valence-electron chi connectivity index (χ0n) is 12.9. The van der Waals surface area contributed by atoms with Crippen LogP contribution in [0.5, 0.6) is 0 Å². The quantitative estimate of drug-likeness (QED) is 0.913. The van der Waals surface area contributed by atoms with Crippen molar-refractivity contribution in [2.45, 2.75) is 25.8 Å². The summed E-state index contributed by atoms with van der Waals surface area (Å²) in [6, 6.07) is 7.54. The van der Waals surface area contributed by atoms with Crippen LogP contribution in [-0.2, 0) is 9.59 Å². The van der Waals surface area contributed by atoms with Gasteiger partial charge in [0.05, 0.1) is 12.6 Å². The Morgan fingerprint density at radius 1 is 1.29 bits per heavy atom. The molecule has 2 amide bonds. The molecule has 1 atom stereocenters. The molecule has 0 radical (unpaired) electrons. The maximum Gasteiger partial charge on any atom is 0.239 e. The lowest BCUT2D eigenvalue weighted by atomic mass is 10.2. The highest BCUT2D eigenvalue weighted by Gasteiger charge is 2.32. The first-order valence-electron chi connectivity index (χ1n) is 7.29. The maximum atomic E-state index is 12.1. The van der Waals surface area contributed by atoms with Crippen LogP contribution in [0.25, 0.3) is 0 Å². The molecule has 0 aromatic heterocycles. The van der Waals surface area contributed by atoms with Gasteiger partial charge in [-0.15, -0.1) is 0 Å². The normalized spacial score (nSPS) is 18.5. The van der Waals surface area contributed by atoms with E-state index < -0.39 is 0 Å². The minimum absolute atomic E-state index is 0.0719. The molecule has 1 aliphatic rings. The molecule has 0 saturated carbocycles. The summed E-state index contributed by atoms with van der Waals surface area (Å²) >= 11 is 0. The van der Waals surface area contributed by atoms with Gasteiger partial charge < -0.3 is 10.2 Å². The first-order chi connectivity index (χ1) is 9.97. The van der Waals surface area contributed by atoms with Crippen LogP contribution in [0.4, 0.5) is 5.69 Å². The predicted octanol–water partition coefficient (Wildman–Crippen LogP) is 1.49. The van der Waals surface area contributed by atoms with Crippen molar-refractivity contribution in [2.75, 3.05) is 32.5 Å². The van der Waals surface area contributed by atoms with E-state index in [-0.39, 0.29) is 24.4 Å². The van der Waals surface area contributed by atoms with Gasteiger partial charge in [-0.1, -0.05) is 17.7 Å². The van der Waals surface area contributed by atoms with E-state index in [0.29, 0.717) is 0 Å². The van der Waals surface area contributed by atoms with Gasteiger partial charge >= 0.3 is 0 Å². The van der Waals surface area contributed by atoms with E-state index in [1.165, 1.54) is 0 Å². The van der Waals surface area contributed by atoms with Gasteiger partial charge in [-0.05, 0) is 38.4 Å². The van der Waals surface area contributed by atoms with Gasteiger partial charge in [-0.3, -0.25) is 14.5 Å². The third-order valence-electron chi connectivity index (χ3n) is 3.77. The third kappa shape index (κ3) is 4.04. The fourth-order valence-electron chi connectivity index (χ4n) is 2.61. The van der Waals surface area contributed by atoms with Crippen molar-refractivity contribution >= 4 is 17.5 Å². The molecule has 0 bridgehead atoms. The number of likely N-dealkylation sites (tertiary alicyclic amines) is 1. The summed E-state index contributed by atoms with van der Waals surface area (Å²) in [6.07, 6.45) is 1.79. The highest BCUT2D eigenvalue weighted by Crippen LogP contribution is 2.18. The summed E-state index contributed by atoms with van der Waals surface area (Å²) in [5, 5.41) is 2.88. The van der Waals surface area contributed by atoms with Crippen LogP contribution >= 0.6 is 0 Å². The number of nitrogens with one attached hydrogen (secondary N) is 1. The summed E-state index contributed by atoms with van der Waals surface area (Å²) in [4.78, 5) is 27.8. The Morgan fingerprint density at radius 2 is 1.95 bits per heavy atom. The van der Waals surface area contributed by atoms with Crippen LogP contribution in [-0.4, -0.2) is 54.8 Å². The topological polar surface area (TPSA) is 52.7 Å². The van der Waals surface area contributed by atoms with Crippen molar-refractivity contribution in [2.24, 2.45) is 0 Å². The van der Waals surface area contributed by atoms with E-state index >= 15 is 0 Å². The Bertz CT molecular complexity index is 511. The van der Waals surface area contributed by atoms with Crippen molar-refractivity contribution in [3.63, 3.8) is 0 Å². The number of nitrogens with zero attached hydrogens (tertiary/aromatic N) is 2. The molecule has 2 rings (SSSR count). The fourth-order valence-corrected chi connectivity index (χ4v) is 2.61. The SMILES string of the molecule is Cc1ccc(NC(=O)CN2CCCC2C(=O)N(C)C)cc1. The smallest absolute Gasteiger partial charge is 0.239 e. The first-order valence-corrected chi connectivity index (χ1v) is 7.29. The molecule has 1 saturated heterocycles. The van der Waals surface area contributed by atoms with Crippen molar-refractivity contribution < 1.29 is 9.59 Å². The summed E-state index contributed by atoms with van der Waals surface area (Å²) in [7, 11) is 3.51. The molecule has 5 heteroatoms. The Hall–Kier alpha value is -1.88. The standard InChI is InChI=1S/C16H23N3O2/c1-12-6-8-13(9-7-12)17-15(20)11-19-10-4-5-14(19)16(21)18(2)3/h6-9,14H,4-5,10-11H2,1-3H3,(H,17,20). The van der Waals surface area contributed by atoms with Gasteiger partial charge in [0.15, 0.2) is 0 Å². The van der Waals surface area contributed by atoms with Crippen LogP contribution in [0.2, 0.25) is 0 Å². The molecule has 1 heterocycles. The van der Waals surface area contributed by atoms with Crippen LogP contribution in [0.15, 0.2) is 24.3 Å². The second-order valence-corrected chi connectivity index (χ2v) is 5.78. The summed E-state index contributed by atoms with van der Waals surface area (Å²) in [5.41, 5.74) is 1.95. The molecule has 1 unspecified atom stereocenters. The summed E-state index contributed by atoms with van der Waals surface area (Å²) in [5.74, 6) is 0.00736. The Morgan fingerprint density at radius 3 is 2.57 bits per heavy atom. The van der Waals surface area contributed by atoms with Gasteiger partial charge in [-0.2, -0.15) is 0 Å². The average molecular weight is 289 g/mol. The number of hydrogen-bond acceptors (Lipinski definition) is 3. The molecule has 1 N–H and O–H groups in total. The Kier molecular flexibility index (Phi) is 4.96. The number of rotatable bonds is 4. The van der Waals surface area contributed by atoms with Crippen molar-refractivity contribution in [3.8, 4) is 0 Å². The fraction of sp³-hybridized carbons (Fsp3) is 0.500. The first kappa shape index (κ1) is 15.5. The zero-order valence-corrected chi connectivity index (χ0v) is 12.9. The molecule has 1 aromatic rings. The lowest BCUT2D eigenvalue weighted by Gasteiger charge is -2.25. The van der Waals surface area contributed by atoms with Crippen molar-refractivity contribution in [3.05, 3.63) is 29.8 Å². The second-order valence-electron chi connectivity index (χ2n) is 5.78. The Labute approximate surface area is 125 Å². The molecule has 1 fully saturated rings. The largest absolute Gasteiger partial charge is 0.347 e. The zero-order chi connectivity index (χ0) is 15.4. The lowest BCUT2D eigenvalue weighted by molar-refractivity contribution is -0.133. The molecule has 1 aromatic carbocycles. The van der Waals surface area contributed by atoms with E-state index in [4.69, 9.17) is 0 Å². The molecule has 21 heavy (non-hydrogen) atoms. The molecule has 5 nitrogen and oxygen atoms in total. The van der Waals surface area contributed by atoms with Crippen LogP contribution in [0, 0.1) is 6.92 Å². The number of amides is 2. The lowest BCUT2D eigenvalue weighted by Crippen LogP contribution is -2.45. The number of anilines is 1. The predicted molar refractivity (Wildman–Crippen MR) is 83.1 cm³/mol. The molecular weight excluding hydrogens is 266 g/mol. The minimum atomic E-state index is -0.163. The summed E-state index contributed by atoms with van der Waals surface area (Å²) in [6.45, 7) is 3.07. The molecule has 0 aliphatic carbocycles.